The summed E-state index contributed by atoms with van der Waals surface area (Å²) in [4.78, 5) is 10.6. The molecule has 0 aromatic carbocycles. The molecule has 1 aromatic rings. The van der Waals surface area contributed by atoms with E-state index >= 15 is 0 Å². The van der Waals surface area contributed by atoms with Crippen molar-refractivity contribution in [2.45, 2.75) is 13.3 Å². The summed E-state index contributed by atoms with van der Waals surface area (Å²) in [5, 5.41) is 0. The van der Waals surface area contributed by atoms with Gasteiger partial charge in [-0.05, 0) is 12.1 Å². The van der Waals surface area contributed by atoms with Gasteiger partial charge >= 0.3 is 5.97 Å². The highest BCUT2D eigenvalue weighted by atomic mass is 16.5. The van der Waals surface area contributed by atoms with Gasteiger partial charge in [0.2, 0.25) is 6.61 Å². The van der Waals surface area contributed by atoms with Gasteiger partial charge in [0.05, 0.1) is 6.26 Å². The minimum Gasteiger partial charge on any atom is -0.465 e. The topological polar surface area (TPSA) is 39.4 Å². The zero-order valence-corrected chi connectivity index (χ0v) is 6.24. The zero-order chi connectivity index (χ0) is 8.10. The largest absolute Gasteiger partial charge is 0.465 e. The van der Waals surface area contributed by atoms with E-state index in [1.807, 2.05) is 0 Å². The van der Waals surface area contributed by atoms with Crippen molar-refractivity contribution in [1.82, 2.24) is 0 Å². The normalized spacial score (nSPS) is 9.55. The molecule has 1 radical (unpaired) electrons. The molecule has 1 heterocycles. The average molecular weight is 153 g/mol. The Bertz CT molecular complexity index is 213. The Kier molecular flexibility index (Phi) is 2.72. The Labute approximate surface area is 65.0 Å². The van der Waals surface area contributed by atoms with Crippen LogP contribution in [-0.2, 0) is 9.53 Å². The molecule has 0 unspecified atom stereocenters. The van der Waals surface area contributed by atoms with Gasteiger partial charge in [-0.2, -0.15) is 0 Å². The maximum atomic E-state index is 10.6. The van der Waals surface area contributed by atoms with Crippen molar-refractivity contribution >= 4 is 5.97 Å². The number of hydrogen-bond acceptors (Lipinski definition) is 3. The maximum Gasteiger partial charge on any atom is 0.306 e. The van der Waals surface area contributed by atoms with E-state index in [9.17, 15) is 4.79 Å². The smallest absolute Gasteiger partial charge is 0.306 e. The number of hydrogen-bond donors (Lipinski definition) is 0. The number of furan rings is 1. The van der Waals surface area contributed by atoms with Crippen molar-refractivity contribution in [1.29, 1.82) is 0 Å². The molecular weight excluding hydrogens is 144 g/mol. The Morgan fingerprint density at radius 2 is 2.64 bits per heavy atom. The highest BCUT2D eigenvalue weighted by Crippen LogP contribution is 2.04. The minimum absolute atomic E-state index is 0.263. The van der Waals surface area contributed by atoms with Crippen LogP contribution in [0.25, 0.3) is 0 Å². The number of carbonyl (C=O) groups is 1. The first-order valence-corrected chi connectivity index (χ1v) is 3.39. The predicted octanol–water partition coefficient (Wildman–Crippen LogP) is 1.74. The molecule has 3 heteroatoms. The number of esters is 1. The zero-order valence-electron chi connectivity index (χ0n) is 6.24. The van der Waals surface area contributed by atoms with Crippen LogP contribution in [0.1, 0.15) is 19.1 Å². The molecule has 1 aromatic heterocycles. The lowest BCUT2D eigenvalue weighted by atomic mass is 10.4. The quantitative estimate of drug-likeness (QED) is 0.621. The molecule has 0 saturated carbocycles. The number of ether oxygens (including phenoxy) is 1. The van der Waals surface area contributed by atoms with Crippen LogP contribution in [-0.4, -0.2) is 5.97 Å². The highest BCUT2D eigenvalue weighted by Gasteiger charge is 2.01. The predicted molar refractivity (Wildman–Crippen MR) is 38.5 cm³/mol. The summed E-state index contributed by atoms with van der Waals surface area (Å²) in [7, 11) is 0. The van der Waals surface area contributed by atoms with Crippen LogP contribution in [0.2, 0.25) is 0 Å². The fraction of sp³-hybridized carbons (Fsp3) is 0.250. The molecule has 3 nitrogen and oxygen atoms in total. The summed E-state index contributed by atoms with van der Waals surface area (Å²) in [6.45, 7) is 3.03. The first-order valence-electron chi connectivity index (χ1n) is 3.39. The van der Waals surface area contributed by atoms with E-state index in [0.717, 1.165) is 0 Å². The lowest BCUT2D eigenvalue weighted by molar-refractivity contribution is -0.139. The van der Waals surface area contributed by atoms with Crippen LogP contribution < -0.4 is 0 Å². The monoisotopic (exact) mass is 153 g/mol. The molecule has 0 bridgehead atoms. The van der Waals surface area contributed by atoms with Crippen molar-refractivity contribution in [2.24, 2.45) is 0 Å². The summed E-state index contributed by atoms with van der Waals surface area (Å²) >= 11 is 0. The van der Waals surface area contributed by atoms with E-state index in [2.05, 4.69) is 4.74 Å². The van der Waals surface area contributed by atoms with Crippen molar-refractivity contribution in [2.75, 3.05) is 0 Å². The molecule has 0 fully saturated rings. The third kappa shape index (κ3) is 2.45. The molecule has 0 atom stereocenters. The maximum absolute atomic E-state index is 10.6. The summed E-state index contributed by atoms with van der Waals surface area (Å²) < 4.78 is 9.57. The second-order valence-corrected chi connectivity index (χ2v) is 1.98. The second kappa shape index (κ2) is 3.81. The van der Waals surface area contributed by atoms with Gasteiger partial charge in [0, 0.05) is 6.42 Å². The van der Waals surface area contributed by atoms with Crippen LogP contribution in [0.15, 0.2) is 22.8 Å². The molecule has 11 heavy (non-hydrogen) atoms. The summed E-state index contributed by atoms with van der Waals surface area (Å²) in [5.41, 5.74) is 0. The van der Waals surface area contributed by atoms with E-state index in [-0.39, 0.29) is 5.97 Å². The third-order valence-electron chi connectivity index (χ3n) is 1.14. The van der Waals surface area contributed by atoms with Crippen molar-refractivity contribution in [3.8, 4) is 0 Å². The minimum atomic E-state index is -0.263. The average Bonchev–Trinajstić information content (AvgIpc) is 2.52. The van der Waals surface area contributed by atoms with E-state index in [4.69, 9.17) is 4.42 Å². The molecule has 0 saturated heterocycles. The highest BCUT2D eigenvalue weighted by molar-refractivity contribution is 5.69. The summed E-state index contributed by atoms with van der Waals surface area (Å²) in [6, 6.07) is 3.44. The lowest BCUT2D eigenvalue weighted by Gasteiger charge is -1.96. The van der Waals surface area contributed by atoms with Crippen LogP contribution in [0.4, 0.5) is 0 Å². The number of rotatable bonds is 3. The van der Waals surface area contributed by atoms with Crippen molar-refractivity contribution < 1.29 is 13.9 Å². The molecule has 0 N–H and O–H groups in total. The summed E-state index contributed by atoms with van der Waals surface area (Å²) in [5.74, 6) is 0.285. The second-order valence-electron chi connectivity index (χ2n) is 1.98. The fourth-order valence-corrected chi connectivity index (χ4v) is 0.565. The molecule has 0 spiro atoms. The molecule has 59 valence electrons. The first kappa shape index (κ1) is 7.85. The van der Waals surface area contributed by atoms with Crippen LogP contribution in [0.5, 0.6) is 0 Å². The van der Waals surface area contributed by atoms with Gasteiger partial charge in [0.1, 0.15) is 5.76 Å². The molecule has 1 rings (SSSR count). The van der Waals surface area contributed by atoms with Gasteiger partial charge in [-0.3, -0.25) is 4.79 Å². The molecule has 0 aliphatic rings. The van der Waals surface area contributed by atoms with Crippen molar-refractivity contribution in [3.05, 3.63) is 30.8 Å². The SMILES string of the molecule is CCC(=O)O[CH]c1ccco1. The third-order valence-corrected chi connectivity index (χ3v) is 1.14. The van der Waals surface area contributed by atoms with Gasteiger partial charge in [-0.15, -0.1) is 0 Å². The Morgan fingerprint density at radius 1 is 1.82 bits per heavy atom. The van der Waals surface area contributed by atoms with Crippen molar-refractivity contribution in [3.63, 3.8) is 0 Å². The molecule has 0 aliphatic carbocycles. The Hall–Kier alpha value is -1.25. The van der Waals surface area contributed by atoms with Gasteiger partial charge < -0.3 is 9.15 Å². The number of carbonyl (C=O) groups excluding carboxylic acids is 1. The first-order chi connectivity index (χ1) is 5.33. The van der Waals surface area contributed by atoms with E-state index < -0.39 is 0 Å². The molecule has 0 aliphatic heterocycles. The van der Waals surface area contributed by atoms with Crippen LogP contribution >= 0.6 is 0 Å². The van der Waals surface area contributed by atoms with Gasteiger partial charge in [-0.25, -0.2) is 0 Å². The van der Waals surface area contributed by atoms with E-state index in [1.54, 1.807) is 19.1 Å². The Morgan fingerprint density at radius 3 is 3.18 bits per heavy atom. The van der Waals surface area contributed by atoms with E-state index in [1.165, 1.54) is 12.9 Å². The van der Waals surface area contributed by atoms with Gasteiger partial charge in [0.15, 0.2) is 0 Å². The molecule has 0 amide bonds. The van der Waals surface area contributed by atoms with Gasteiger partial charge in [0.25, 0.3) is 0 Å². The fourth-order valence-electron chi connectivity index (χ4n) is 0.565. The van der Waals surface area contributed by atoms with Gasteiger partial charge in [-0.1, -0.05) is 6.92 Å². The standard InChI is InChI=1S/C8H9O3/c1-2-8(9)11-6-7-4-3-5-10-7/h3-6H,2H2,1H3. The van der Waals surface area contributed by atoms with E-state index in [0.29, 0.717) is 12.2 Å². The summed E-state index contributed by atoms with van der Waals surface area (Å²) in [6.07, 6.45) is 1.89. The lowest BCUT2D eigenvalue weighted by Crippen LogP contribution is -1.99. The van der Waals surface area contributed by atoms with Crippen LogP contribution in [0, 0.1) is 6.61 Å². The Balaban J connectivity index is 2.29. The van der Waals surface area contributed by atoms with Crippen LogP contribution in [0.3, 0.4) is 0 Å². The molecular formula is C8H9O3.